The largest absolute Gasteiger partial charge is 0.356 e. The smallest absolute Gasteiger partial charge is 0.160 e. The molecular formula is C19H19Cl2N7. The van der Waals surface area contributed by atoms with Crippen LogP contribution in [0.1, 0.15) is 24.6 Å². The van der Waals surface area contributed by atoms with Crippen molar-refractivity contribution in [3.63, 3.8) is 0 Å². The molecule has 1 fully saturated rings. The first-order valence-corrected chi connectivity index (χ1v) is 9.35. The number of imidazole rings is 1. The summed E-state index contributed by atoms with van der Waals surface area (Å²) in [6.07, 6.45) is 7.34. The molecule has 3 aromatic heterocycles. The van der Waals surface area contributed by atoms with Gasteiger partial charge in [-0.15, -0.1) is 12.4 Å². The molecule has 1 saturated heterocycles. The summed E-state index contributed by atoms with van der Waals surface area (Å²) >= 11 is 5.97. The third-order valence-corrected chi connectivity index (χ3v) is 5.41. The standard InChI is InChI=1S/C19H18ClN7.ClH/c20-14-3-1-12(2-4-14)16-10-21-17(25-16)13-5-7-27(8-6-13)19-15-9-24-26-18(15)22-11-23-19;/h1-4,9-11,13H,5-8H2,(H,21,25)(H,22,23,24,26);1H. The van der Waals surface area contributed by atoms with Crippen LogP contribution in [0.15, 0.2) is 43.0 Å². The van der Waals surface area contributed by atoms with E-state index in [9.17, 15) is 0 Å². The van der Waals surface area contributed by atoms with Crippen LogP contribution < -0.4 is 4.90 Å². The minimum atomic E-state index is 0. The summed E-state index contributed by atoms with van der Waals surface area (Å²) < 4.78 is 0. The van der Waals surface area contributed by atoms with E-state index in [0.29, 0.717) is 5.92 Å². The van der Waals surface area contributed by atoms with E-state index >= 15 is 0 Å². The normalized spacial score (nSPS) is 15.0. The summed E-state index contributed by atoms with van der Waals surface area (Å²) in [4.78, 5) is 19.1. The predicted octanol–water partition coefficient (Wildman–Crippen LogP) is 4.20. The zero-order chi connectivity index (χ0) is 18.2. The molecule has 0 unspecified atom stereocenters. The van der Waals surface area contributed by atoms with E-state index in [1.165, 1.54) is 0 Å². The Labute approximate surface area is 173 Å². The minimum Gasteiger partial charge on any atom is -0.356 e. The van der Waals surface area contributed by atoms with Gasteiger partial charge < -0.3 is 9.88 Å². The van der Waals surface area contributed by atoms with Gasteiger partial charge in [-0.25, -0.2) is 15.0 Å². The molecule has 9 heteroatoms. The van der Waals surface area contributed by atoms with Crippen LogP contribution in [-0.2, 0) is 0 Å². The highest BCUT2D eigenvalue weighted by Gasteiger charge is 2.25. The van der Waals surface area contributed by atoms with Crippen molar-refractivity contribution in [3.8, 4) is 11.3 Å². The molecule has 0 radical (unpaired) electrons. The van der Waals surface area contributed by atoms with Gasteiger partial charge in [-0.3, -0.25) is 5.10 Å². The number of benzene rings is 1. The summed E-state index contributed by atoms with van der Waals surface area (Å²) in [5.74, 6) is 2.42. The highest BCUT2D eigenvalue weighted by molar-refractivity contribution is 6.30. The number of aromatic nitrogens is 6. The van der Waals surface area contributed by atoms with Crippen LogP contribution in [0.2, 0.25) is 5.02 Å². The van der Waals surface area contributed by atoms with Crippen molar-refractivity contribution in [1.29, 1.82) is 0 Å². The van der Waals surface area contributed by atoms with Crippen molar-refractivity contribution < 1.29 is 0 Å². The number of fused-ring (bicyclic) bond motifs is 1. The third kappa shape index (κ3) is 3.43. The van der Waals surface area contributed by atoms with Crippen LogP contribution in [0.4, 0.5) is 5.82 Å². The van der Waals surface area contributed by atoms with E-state index in [4.69, 9.17) is 11.6 Å². The Kier molecular flexibility index (Phi) is 5.19. The van der Waals surface area contributed by atoms with Crippen molar-refractivity contribution in [2.45, 2.75) is 18.8 Å². The molecule has 0 atom stereocenters. The molecule has 144 valence electrons. The number of anilines is 1. The Morgan fingerprint density at radius 3 is 2.57 bits per heavy atom. The van der Waals surface area contributed by atoms with E-state index in [1.54, 1.807) is 12.5 Å². The molecule has 0 amide bonds. The zero-order valence-electron chi connectivity index (χ0n) is 15.0. The van der Waals surface area contributed by atoms with Gasteiger partial charge in [0.15, 0.2) is 5.65 Å². The fourth-order valence-corrected chi connectivity index (χ4v) is 3.82. The second-order valence-electron chi connectivity index (χ2n) is 6.78. The van der Waals surface area contributed by atoms with Gasteiger partial charge in [-0.2, -0.15) is 5.10 Å². The van der Waals surface area contributed by atoms with E-state index in [1.807, 2.05) is 30.5 Å². The van der Waals surface area contributed by atoms with E-state index in [-0.39, 0.29) is 12.4 Å². The lowest BCUT2D eigenvalue weighted by molar-refractivity contribution is 0.487. The maximum absolute atomic E-state index is 5.97. The number of halogens is 2. The van der Waals surface area contributed by atoms with Crippen molar-refractivity contribution in [2.24, 2.45) is 0 Å². The SMILES string of the molecule is Cl.Clc1ccc(-c2cnc(C3CCN(c4ncnc5[nH]ncc45)CC3)[nH]2)cc1. The summed E-state index contributed by atoms with van der Waals surface area (Å²) in [7, 11) is 0. The molecule has 7 nitrogen and oxygen atoms in total. The summed E-state index contributed by atoms with van der Waals surface area (Å²) in [6.45, 7) is 1.86. The molecule has 0 aliphatic carbocycles. The highest BCUT2D eigenvalue weighted by Crippen LogP contribution is 2.31. The molecule has 4 heterocycles. The Bertz CT molecular complexity index is 1070. The van der Waals surface area contributed by atoms with Gasteiger partial charge >= 0.3 is 0 Å². The van der Waals surface area contributed by atoms with Crippen molar-refractivity contribution in [2.75, 3.05) is 18.0 Å². The van der Waals surface area contributed by atoms with Crippen molar-refractivity contribution >= 4 is 40.9 Å². The van der Waals surface area contributed by atoms with Crippen molar-refractivity contribution in [3.05, 3.63) is 53.8 Å². The van der Waals surface area contributed by atoms with Crippen molar-refractivity contribution in [1.82, 2.24) is 30.1 Å². The number of piperidine rings is 1. The lowest BCUT2D eigenvalue weighted by atomic mass is 9.96. The first-order valence-electron chi connectivity index (χ1n) is 8.98. The average molecular weight is 416 g/mol. The van der Waals surface area contributed by atoms with Crippen LogP contribution in [0.5, 0.6) is 0 Å². The molecule has 28 heavy (non-hydrogen) atoms. The number of hydrogen-bond acceptors (Lipinski definition) is 5. The fraction of sp³-hybridized carbons (Fsp3) is 0.263. The predicted molar refractivity (Wildman–Crippen MR) is 112 cm³/mol. The molecule has 2 N–H and O–H groups in total. The molecule has 0 spiro atoms. The topological polar surface area (TPSA) is 86.4 Å². The van der Waals surface area contributed by atoms with Gasteiger partial charge in [0.25, 0.3) is 0 Å². The van der Waals surface area contributed by atoms with E-state index in [0.717, 1.165) is 64.9 Å². The Balaban J connectivity index is 0.00000192. The first kappa shape index (κ1) is 18.7. The molecule has 1 aliphatic rings. The van der Waals surface area contributed by atoms with Crippen LogP contribution in [0.25, 0.3) is 22.3 Å². The zero-order valence-corrected chi connectivity index (χ0v) is 16.5. The van der Waals surface area contributed by atoms with Gasteiger partial charge in [-0.1, -0.05) is 23.7 Å². The fourth-order valence-electron chi connectivity index (χ4n) is 3.69. The summed E-state index contributed by atoms with van der Waals surface area (Å²) in [6, 6.07) is 7.81. The number of nitrogens with zero attached hydrogens (tertiary/aromatic N) is 5. The molecule has 5 rings (SSSR count). The number of nitrogens with one attached hydrogen (secondary N) is 2. The van der Waals surface area contributed by atoms with E-state index in [2.05, 4.69) is 35.0 Å². The molecule has 1 aromatic carbocycles. The average Bonchev–Trinajstić information content (AvgIpc) is 3.38. The van der Waals surface area contributed by atoms with Crippen LogP contribution >= 0.6 is 24.0 Å². The second kappa shape index (κ2) is 7.77. The van der Waals surface area contributed by atoms with Gasteiger partial charge in [0, 0.05) is 24.0 Å². The molecule has 0 saturated carbocycles. The van der Waals surface area contributed by atoms with Crippen LogP contribution in [-0.4, -0.2) is 43.2 Å². The first-order chi connectivity index (χ1) is 13.3. The highest BCUT2D eigenvalue weighted by atomic mass is 35.5. The van der Waals surface area contributed by atoms with E-state index < -0.39 is 0 Å². The molecule has 0 bridgehead atoms. The third-order valence-electron chi connectivity index (χ3n) is 5.16. The van der Waals surface area contributed by atoms with Crippen LogP contribution in [0, 0.1) is 0 Å². The van der Waals surface area contributed by atoms with Gasteiger partial charge in [-0.05, 0) is 30.5 Å². The molecule has 4 aromatic rings. The van der Waals surface area contributed by atoms with Gasteiger partial charge in [0.2, 0.25) is 0 Å². The summed E-state index contributed by atoms with van der Waals surface area (Å²) in [5, 5.41) is 8.69. The number of aromatic amines is 2. The lowest BCUT2D eigenvalue weighted by Gasteiger charge is -2.32. The lowest BCUT2D eigenvalue weighted by Crippen LogP contribution is -2.33. The second-order valence-corrected chi connectivity index (χ2v) is 7.22. The number of hydrogen-bond donors (Lipinski definition) is 2. The van der Waals surface area contributed by atoms with Gasteiger partial charge in [0.1, 0.15) is 18.0 Å². The van der Waals surface area contributed by atoms with Crippen LogP contribution in [0.3, 0.4) is 0 Å². The maximum Gasteiger partial charge on any atom is 0.160 e. The monoisotopic (exact) mass is 415 g/mol. The minimum absolute atomic E-state index is 0. The quantitative estimate of drug-likeness (QED) is 0.523. The maximum atomic E-state index is 5.97. The number of rotatable bonds is 3. The molecule has 1 aliphatic heterocycles. The number of H-pyrrole nitrogens is 2. The molecular weight excluding hydrogens is 397 g/mol. The Morgan fingerprint density at radius 1 is 1.00 bits per heavy atom. The summed E-state index contributed by atoms with van der Waals surface area (Å²) in [5.41, 5.74) is 2.90. The Hall–Kier alpha value is -2.64. The van der Waals surface area contributed by atoms with Gasteiger partial charge in [0.05, 0.1) is 23.5 Å². The Morgan fingerprint density at radius 2 is 1.79 bits per heavy atom.